The minimum absolute atomic E-state index is 0.119. The number of nitrogens with one attached hydrogen (secondary N) is 1. The number of barbiturate groups is 1. The molecule has 2 bridgehead atoms. The molecule has 2 aromatic rings. The standard InChI is InChI=1S/C26H22Cl2N2O6/c1-35-22-11-14(3-7-21(22)36-25(33)17-6-5-16(27)12-19(17)28)9-18-23(31)29-26(34)30(24(18)32)20-10-13-2-4-15(20)8-13/h3,5-7,9,11-13,15,20H,2,4,8,10H2,1H3,(H,29,31,34)/b18-9+/t13-,15-,20+/m0/s1. The van der Waals surface area contributed by atoms with Crippen LogP contribution in [0, 0.1) is 11.8 Å². The van der Waals surface area contributed by atoms with Gasteiger partial charge in [0.15, 0.2) is 11.5 Å². The number of benzene rings is 2. The molecule has 2 saturated carbocycles. The van der Waals surface area contributed by atoms with Crippen molar-refractivity contribution in [1.82, 2.24) is 10.2 Å². The maximum atomic E-state index is 13.2. The second kappa shape index (κ2) is 9.59. The highest BCUT2D eigenvalue weighted by molar-refractivity contribution is 6.36. The van der Waals surface area contributed by atoms with Gasteiger partial charge >= 0.3 is 12.0 Å². The lowest BCUT2D eigenvalue weighted by Crippen LogP contribution is -2.58. The molecule has 1 N–H and O–H groups in total. The van der Waals surface area contributed by atoms with Crippen molar-refractivity contribution in [2.45, 2.75) is 31.7 Å². The summed E-state index contributed by atoms with van der Waals surface area (Å²) in [7, 11) is 1.40. The summed E-state index contributed by atoms with van der Waals surface area (Å²) in [6, 6.07) is 8.13. The molecule has 4 amide bonds. The van der Waals surface area contributed by atoms with Gasteiger partial charge in [-0.05, 0) is 73.1 Å². The van der Waals surface area contributed by atoms with Crippen LogP contribution in [-0.2, 0) is 9.59 Å². The predicted octanol–water partition coefficient (Wildman–Crippen LogP) is 4.87. The van der Waals surface area contributed by atoms with Gasteiger partial charge in [-0.1, -0.05) is 35.7 Å². The molecule has 1 heterocycles. The summed E-state index contributed by atoms with van der Waals surface area (Å²) in [4.78, 5) is 52.1. The van der Waals surface area contributed by atoms with Crippen molar-refractivity contribution in [3.63, 3.8) is 0 Å². The molecule has 0 spiro atoms. The van der Waals surface area contributed by atoms with E-state index in [2.05, 4.69) is 5.32 Å². The van der Waals surface area contributed by atoms with E-state index in [0.717, 1.165) is 25.7 Å². The average Bonchev–Trinajstić information content (AvgIpc) is 3.46. The number of ether oxygens (including phenoxy) is 2. The summed E-state index contributed by atoms with van der Waals surface area (Å²) in [5.41, 5.74) is 0.443. The fraction of sp³-hybridized carbons (Fsp3) is 0.308. The van der Waals surface area contributed by atoms with Crippen LogP contribution in [0.4, 0.5) is 4.79 Å². The second-order valence-corrected chi connectivity index (χ2v) is 10.0. The third-order valence-corrected chi connectivity index (χ3v) is 7.57. The zero-order chi connectivity index (χ0) is 25.6. The summed E-state index contributed by atoms with van der Waals surface area (Å²) in [5, 5.41) is 2.82. The number of amides is 4. The van der Waals surface area contributed by atoms with Crippen molar-refractivity contribution in [2.75, 3.05) is 7.11 Å². The molecule has 3 fully saturated rings. The van der Waals surface area contributed by atoms with Gasteiger partial charge in [0.2, 0.25) is 0 Å². The van der Waals surface area contributed by atoms with Crippen molar-refractivity contribution < 1.29 is 28.7 Å². The second-order valence-electron chi connectivity index (χ2n) is 9.16. The maximum absolute atomic E-state index is 13.2. The number of fused-ring (bicyclic) bond motifs is 2. The molecule has 1 aliphatic heterocycles. The lowest BCUT2D eigenvalue weighted by Gasteiger charge is -2.35. The van der Waals surface area contributed by atoms with Gasteiger partial charge in [0.25, 0.3) is 11.8 Å². The van der Waals surface area contributed by atoms with Gasteiger partial charge in [-0.25, -0.2) is 9.59 Å². The topological polar surface area (TPSA) is 102 Å². The molecule has 1 saturated heterocycles. The van der Waals surface area contributed by atoms with Crippen LogP contribution in [0.3, 0.4) is 0 Å². The van der Waals surface area contributed by atoms with Crippen molar-refractivity contribution in [1.29, 1.82) is 0 Å². The monoisotopic (exact) mass is 528 g/mol. The van der Waals surface area contributed by atoms with Gasteiger partial charge in [-0.3, -0.25) is 19.8 Å². The van der Waals surface area contributed by atoms with E-state index in [1.165, 1.54) is 48.4 Å². The Morgan fingerprint density at radius 2 is 1.86 bits per heavy atom. The first-order valence-electron chi connectivity index (χ1n) is 11.5. The van der Waals surface area contributed by atoms with Crippen LogP contribution in [0.25, 0.3) is 6.08 Å². The Morgan fingerprint density at radius 1 is 1.06 bits per heavy atom. The number of nitrogens with zero attached hydrogens (tertiary/aromatic N) is 1. The fourth-order valence-electron chi connectivity index (χ4n) is 5.33. The Bertz CT molecular complexity index is 1320. The number of carbonyl (C=O) groups is 4. The number of hydrogen-bond donors (Lipinski definition) is 1. The molecule has 2 aliphatic carbocycles. The normalized spacial score (nSPS) is 24.3. The Kier molecular flexibility index (Phi) is 6.49. The Labute approximate surface area is 217 Å². The summed E-state index contributed by atoms with van der Waals surface area (Å²) in [5.74, 6) is -0.941. The van der Waals surface area contributed by atoms with Crippen molar-refractivity contribution >= 4 is 53.1 Å². The van der Waals surface area contributed by atoms with Gasteiger partial charge < -0.3 is 9.47 Å². The molecular weight excluding hydrogens is 507 g/mol. The third-order valence-electron chi connectivity index (χ3n) is 7.02. The van der Waals surface area contributed by atoms with E-state index in [1.54, 1.807) is 6.07 Å². The number of carbonyl (C=O) groups excluding carboxylic acids is 4. The fourth-order valence-corrected chi connectivity index (χ4v) is 5.82. The van der Waals surface area contributed by atoms with Crippen LogP contribution in [-0.4, -0.2) is 41.9 Å². The molecule has 0 radical (unpaired) electrons. The summed E-state index contributed by atoms with van der Waals surface area (Å²) >= 11 is 12.0. The van der Waals surface area contributed by atoms with Gasteiger partial charge in [0, 0.05) is 11.1 Å². The highest BCUT2D eigenvalue weighted by Gasteiger charge is 2.49. The number of hydrogen-bond acceptors (Lipinski definition) is 6. The molecule has 5 rings (SSSR count). The smallest absolute Gasteiger partial charge is 0.345 e. The molecule has 8 nitrogen and oxygen atoms in total. The molecule has 0 aromatic heterocycles. The molecule has 186 valence electrons. The number of rotatable bonds is 5. The largest absolute Gasteiger partial charge is 0.493 e. The van der Waals surface area contributed by atoms with Crippen LogP contribution in [0.2, 0.25) is 10.0 Å². The van der Waals surface area contributed by atoms with Gasteiger partial charge in [-0.15, -0.1) is 0 Å². The van der Waals surface area contributed by atoms with E-state index < -0.39 is 23.8 Å². The molecule has 2 aromatic carbocycles. The van der Waals surface area contributed by atoms with Crippen LogP contribution < -0.4 is 14.8 Å². The average molecular weight is 529 g/mol. The van der Waals surface area contributed by atoms with Crippen LogP contribution >= 0.6 is 23.2 Å². The van der Waals surface area contributed by atoms with E-state index in [-0.39, 0.29) is 39.6 Å². The van der Waals surface area contributed by atoms with Crippen LogP contribution in [0.1, 0.15) is 41.6 Å². The van der Waals surface area contributed by atoms with Crippen LogP contribution in [0.15, 0.2) is 42.0 Å². The van der Waals surface area contributed by atoms with Crippen LogP contribution in [0.5, 0.6) is 11.5 Å². The van der Waals surface area contributed by atoms with Gasteiger partial charge in [-0.2, -0.15) is 0 Å². The van der Waals surface area contributed by atoms with E-state index in [4.69, 9.17) is 32.7 Å². The lowest BCUT2D eigenvalue weighted by atomic mass is 9.93. The molecular formula is C26H22Cl2N2O6. The molecule has 3 atom stereocenters. The lowest BCUT2D eigenvalue weighted by molar-refractivity contribution is -0.132. The van der Waals surface area contributed by atoms with Crippen molar-refractivity contribution in [2.24, 2.45) is 11.8 Å². The van der Waals surface area contributed by atoms with Gasteiger partial charge in [0.1, 0.15) is 5.57 Å². The molecule has 3 aliphatic rings. The first-order chi connectivity index (χ1) is 17.2. The Balaban J connectivity index is 1.39. The third kappa shape index (κ3) is 4.47. The molecule has 10 heteroatoms. The Hall–Kier alpha value is -3.36. The minimum Gasteiger partial charge on any atom is -0.493 e. The molecule has 0 unspecified atom stereocenters. The highest BCUT2D eigenvalue weighted by atomic mass is 35.5. The highest BCUT2D eigenvalue weighted by Crippen LogP contribution is 2.47. The zero-order valence-corrected chi connectivity index (χ0v) is 20.8. The van der Waals surface area contributed by atoms with Crippen molar-refractivity contribution in [3.05, 3.63) is 63.1 Å². The SMILES string of the molecule is COc1cc(/C=C2\C(=O)NC(=O)N([C@@H]3C[C@H]4CC[C@H]3C4)C2=O)ccc1OC(=O)c1ccc(Cl)cc1Cl. The predicted molar refractivity (Wildman–Crippen MR) is 132 cm³/mol. The van der Waals surface area contributed by atoms with E-state index in [1.807, 2.05) is 0 Å². The van der Waals surface area contributed by atoms with Crippen molar-refractivity contribution in [3.8, 4) is 11.5 Å². The number of urea groups is 1. The van der Waals surface area contributed by atoms with E-state index in [9.17, 15) is 19.2 Å². The first-order valence-corrected chi connectivity index (χ1v) is 12.3. The number of methoxy groups -OCH3 is 1. The quantitative estimate of drug-likeness (QED) is 0.257. The van der Waals surface area contributed by atoms with E-state index in [0.29, 0.717) is 16.5 Å². The molecule has 36 heavy (non-hydrogen) atoms. The summed E-state index contributed by atoms with van der Waals surface area (Å²) in [6.07, 6.45) is 5.28. The minimum atomic E-state index is -0.753. The van der Waals surface area contributed by atoms with Gasteiger partial charge in [0.05, 0.1) is 17.7 Å². The first kappa shape index (κ1) is 24.3. The number of halogens is 2. The summed E-state index contributed by atoms with van der Waals surface area (Å²) in [6.45, 7) is 0. The Morgan fingerprint density at radius 3 is 2.53 bits per heavy atom. The number of imide groups is 2. The van der Waals surface area contributed by atoms with E-state index >= 15 is 0 Å². The summed E-state index contributed by atoms with van der Waals surface area (Å²) < 4.78 is 10.8. The zero-order valence-electron chi connectivity index (χ0n) is 19.3. The maximum Gasteiger partial charge on any atom is 0.345 e. The number of esters is 1.